The van der Waals surface area contributed by atoms with Crippen LogP contribution in [0.15, 0.2) is 66.9 Å². The summed E-state index contributed by atoms with van der Waals surface area (Å²) in [6, 6.07) is 17.5. The van der Waals surface area contributed by atoms with Gasteiger partial charge in [-0.2, -0.15) is 4.98 Å². The number of nitrogens with one attached hydrogen (secondary N) is 3. The summed E-state index contributed by atoms with van der Waals surface area (Å²) in [6.45, 7) is 7.21. The fraction of sp³-hybridized carbons (Fsp3) is 0.294. The Morgan fingerprint density at radius 1 is 0.980 bits per heavy atom. The van der Waals surface area contributed by atoms with E-state index in [2.05, 4.69) is 35.7 Å². The molecule has 256 valence electrons. The fourth-order valence-corrected chi connectivity index (χ4v) is 7.17. The van der Waals surface area contributed by atoms with Gasteiger partial charge in [0.1, 0.15) is 23.7 Å². The summed E-state index contributed by atoms with van der Waals surface area (Å²) < 4.78 is 33.5. The first-order chi connectivity index (χ1) is 23.5. The maximum atomic E-state index is 15.0. The Hall–Kier alpha value is -4.71. The van der Waals surface area contributed by atoms with Crippen LogP contribution >= 0.6 is 18.7 Å². The predicted molar refractivity (Wildman–Crippen MR) is 192 cm³/mol. The van der Waals surface area contributed by atoms with Crippen molar-refractivity contribution in [2.75, 3.05) is 73.6 Å². The van der Waals surface area contributed by atoms with Gasteiger partial charge in [-0.15, -0.1) is 0 Å². The van der Waals surface area contributed by atoms with Crippen LogP contribution in [0.1, 0.15) is 12.0 Å². The number of amides is 3. The Kier molecular flexibility index (Phi) is 10.0. The summed E-state index contributed by atoms with van der Waals surface area (Å²) in [5, 5.41) is 9.68. The van der Waals surface area contributed by atoms with Gasteiger partial charge in [-0.1, -0.05) is 29.8 Å². The number of nitrogens with zero attached hydrogens (tertiary/aromatic N) is 5. The largest absolute Gasteiger partial charge is 0.494 e. The van der Waals surface area contributed by atoms with Gasteiger partial charge in [0.2, 0.25) is 11.9 Å². The van der Waals surface area contributed by atoms with Gasteiger partial charge in [0.05, 0.1) is 30.4 Å². The van der Waals surface area contributed by atoms with Gasteiger partial charge in [-0.25, -0.2) is 14.2 Å². The van der Waals surface area contributed by atoms with Crippen LogP contribution < -0.4 is 35.8 Å². The molecule has 3 aromatic carbocycles. The molecule has 3 N–H and O–H groups in total. The summed E-state index contributed by atoms with van der Waals surface area (Å²) in [6.07, 6.45) is 1.64. The number of hydrogen-bond donors (Lipinski definition) is 3. The minimum absolute atomic E-state index is 0.137. The molecule has 3 amide bonds. The van der Waals surface area contributed by atoms with Crippen molar-refractivity contribution in [1.82, 2.24) is 20.2 Å². The number of imide groups is 1. The molecule has 0 unspecified atom stereocenters. The molecule has 12 nitrogen and oxygen atoms in total. The van der Waals surface area contributed by atoms with E-state index in [1.807, 2.05) is 48.5 Å². The first kappa shape index (κ1) is 34.2. The highest BCUT2D eigenvalue weighted by molar-refractivity contribution is 7.70. The number of urea groups is 1. The van der Waals surface area contributed by atoms with Crippen molar-refractivity contribution in [2.24, 2.45) is 0 Å². The molecule has 0 bridgehead atoms. The summed E-state index contributed by atoms with van der Waals surface area (Å²) in [5.41, 5.74) is 3.30. The van der Waals surface area contributed by atoms with Crippen LogP contribution in [0.2, 0.25) is 5.02 Å². The summed E-state index contributed by atoms with van der Waals surface area (Å²) in [7, 11) is -0.953. The van der Waals surface area contributed by atoms with E-state index in [1.165, 1.54) is 17.2 Å². The molecule has 2 fully saturated rings. The third-order valence-corrected chi connectivity index (χ3v) is 10.2. The zero-order valence-corrected chi connectivity index (χ0v) is 29.0. The van der Waals surface area contributed by atoms with Crippen LogP contribution in [0.4, 0.5) is 43.7 Å². The van der Waals surface area contributed by atoms with Gasteiger partial charge in [-0.3, -0.25) is 19.9 Å². The zero-order chi connectivity index (χ0) is 34.7. The van der Waals surface area contributed by atoms with E-state index in [0.717, 1.165) is 37.4 Å². The quantitative estimate of drug-likeness (QED) is 0.174. The van der Waals surface area contributed by atoms with E-state index in [4.69, 9.17) is 16.3 Å². The van der Waals surface area contributed by atoms with E-state index in [9.17, 15) is 18.5 Å². The number of carbonyl (C=O) groups is 2. The molecule has 2 aliphatic rings. The Morgan fingerprint density at radius 2 is 1.76 bits per heavy atom. The number of benzene rings is 3. The van der Waals surface area contributed by atoms with Crippen molar-refractivity contribution in [1.29, 1.82) is 0 Å². The number of methoxy groups -OCH3 is 1. The van der Waals surface area contributed by atoms with Crippen LogP contribution in [0, 0.1) is 5.82 Å². The highest BCUT2D eigenvalue weighted by Crippen LogP contribution is 2.39. The van der Waals surface area contributed by atoms with Gasteiger partial charge in [-0.05, 0) is 55.3 Å². The molecule has 0 spiro atoms. The molecule has 15 heteroatoms. The van der Waals surface area contributed by atoms with E-state index >= 15 is 0 Å². The molecule has 2 saturated heterocycles. The molecule has 3 heterocycles. The second-order valence-corrected chi connectivity index (χ2v) is 15.8. The maximum Gasteiger partial charge on any atom is 0.328 e. The van der Waals surface area contributed by atoms with Crippen molar-refractivity contribution in [2.45, 2.75) is 13.0 Å². The second-order valence-electron chi connectivity index (χ2n) is 12.2. The topological polar surface area (TPSA) is 132 Å². The van der Waals surface area contributed by atoms with Crippen LogP contribution in [-0.4, -0.2) is 80.0 Å². The lowest BCUT2D eigenvalue weighted by atomic mass is 10.1. The predicted octanol–water partition coefficient (Wildman–Crippen LogP) is 5.78. The van der Waals surface area contributed by atoms with Crippen molar-refractivity contribution in [3.05, 3.63) is 83.3 Å². The summed E-state index contributed by atoms with van der Waals surface area (Å²) >= 11 is 6.43. The maximum absolute atomic E-state index is 15.0. The Labute approximate surface area is 289 Å². The van der Waals surface area contributed by atoms with E-state index in [0.29, 0.717) is 45.8 Å². The molecular weight excluding hydrogens is 670 g/mol. The molecule has 0 aliphatic carbocycles. The highest BCUT2D eigenvalue weighted by Gasteiger charge is 2.27. The molecule has 1 aromatic heterocycles. The molecular formula is C34H37ClFN8O4P. The fourth-order valence-electron chi connectivity index (χ4n) is 5.88. The number of aromatic nitrogens is 2. The van der Waals surface area contributed by atoms with Gasteiger partial charge in [0.15, 0.2) is 5.82 Å². The van der Waals surface area contributed by atoms with Gasteiger partial charge in [0, 0.05) is 62.7 Å². The van der Waals surface area contributed by atoms with Crippen LogP contribution in [-0.2, 0) is 15.9 Å². The monoisotopic (exact) mass is 706 g/mol. The Bertz CT molecular complexity index is 1930. The zero-order valence-electron chi connectivity index (χ0n) is 27.4. The minimum Gasteiger partial charge on any atom is -0.494 e. The van der Waals surface area contributed by atoms with Crippen LogP contribution in [0.3, 0.4) is 0 Å². The number of rotatable bonds is 10. The van der Waals surface area contributed by atoms with Crippen molar-refractivity contribution in [3.63, 3.8) is 0 Å². The molecule has 4 aromatic rings. The van der Waals surface area contributed by atoms with E-state index in [-0.39, 0.29) is 24.6 Å². The standard InChI is InChI=1S/C34H37ClFN8O4P/c1-48-29-19-23(9-10-26(29)39-33-37-20-24(35)32(41-33)38-27-6-4-5-7-30(27)49(2,3)47)43-16-14-42(15-17-43)21-22-8-11-28(25(36)18-22)44-13-12-31(45)40-34(44)46/h4-11,18-20H,12-17,21H2,1-3H3,(H,40,45,46)(H2,37,38,39,41). The number of carbonyl (C=O) groups excluding carboxylic acids is 2. The number of halogens is 2. The van der Waals surface area contributed by atoms with E-state index < -0.39 is 19.0 Å². The molecule has 49 heavy (non-hydrogen) atoms. The van der Waals surface area contributed by atoms with Gasteiger partial charge >= 0.3 is 6.03 Å². The third kappa shape index (κ3) is 7.96. The molecule has 0 radical (unpaired) electrons. The normalized spacial score (nSPS) is 15.6. The third-order valence-electron chi connectivity index (χ3n) is 8.41. The van der Waals surface area contributed by atoms with Gasteiger partial charge < -0.3 is 24.8 Å². The van der Waals surface area contributed by atoms with Crippen molar-refractivity contribution < 1.29 is 23.3 Å². The van der Waals surface area contributed by atoms with Crippen LogP contribution in [0.25, 0.3) is 0 Å². The number of hydrogen-bond acceptors (Lipinski definition) is 10. The molecule has 6 rings (SSSR count). The van der Waals surface area contributed by atoms with Gasteiger partial charge in [0.25, 0.3) is 0 Å². The van der Waals surface area contributed by atoms with E-state index in [1.54, 1.807) is 26.5 Å². The molecule has 0 atom stereocenters. The lowest BCUT2D eigenvalue weighted by molar-refractivity contribution is -0.120. The molecule has 0 saturated carbocycles. The lowest BCUT2D eigenvalue weighted by Crippen LogP contribution is -2.49. The first-order valence-corrected chi connectivity index (χ1v) is 18.7. The second kappa shape index (κ2) is 14.4. The number of para-hydroxylation sites is 1. The van der Waals surface area contributed by atoms with Crippen molar-refractivity contribution >= 4 is 70.5 Å². The Morgan fingerprint density at radius 3 is 2.47 bits per heavy atom. The SMILES string of the molecule is COc1cc(N2CCN(Cc3ccc(N4CCC(=O)NC4=O)c(F)c3)CC2)ccc1Nc1ncc(Cl)c(Nc2ccccc2P(C)(C)=O)n1. The van der Waals surface area contributed by atoms with Crippen molar-refractivity contribution in [3.8, 4) is 5.75 Å². The smallest absolute Gasteiger partial charge is 0.328 e. The average molecular weight is 707 g/mol. The molecule has 2 aliphatic heterocycles. The summed E-state index contributed by atoms with van der Waals surface area (Å²) in [4.78, 5) is 38.3. The van der Waals surface area contributed by atoms with Crippen LogP contribution in [0.5, 0.6) is 5.75 Å². The number of anilines is 6. The number of piperazine rings is 1. The summed E-state index contributed by atoms with van der Waals surface area (Å²) in [5.74, 6) is 0.439. The average Bonchev–Trinajstić information content (AvgIpc) is 3.07. The Balaban J connectivity index is 1.08. The lowest BCUT2D eigenvalue weighted by Gasteiger charge is -2.36. The highest BCUT2D eigenvalue weighted by atomic mass is 35.5. The first-order valence-electron chi connectivity index (χ1n) is 15.7. The minimum atomic E-state index is -2.55. The number of ether oxygens (including phenoxy) is 1.